The lowest BCUT2D eigenvalue weighted by Gasteiger charge is -2.19. The minimum atomic E-state index is -1.47. The number of carboxylic acid groups (broad SMARTS) is 2. The predicted molar refractivity (Wildman–Crippen MR) is 172 cm³/mol. The summed E-state index contributed by atoms with van der Waals surface area (Å²) in [6.07, 6.45) is 0.392. The number of carbonyl (C=O) groups is 5. The number of amides is 3. The van der Waals surface area contributed by atoms with E-state index >= 15 is 0 Å². The Morgan fingerprint density at radius 2 is 1.19 bits per heavy atom. The quantitative estimate of drug-likeness (QED) is 0.119. The maximum Gasteiger partial charge on any atom is 0.491 e. The molecular weight excluding hydrogens is 624 g/mol. The topological polar surface area (TPSA) is 221 Å². The van der Waals surface area contributed by atoms with E-state index in [0.29, 0.717) is 48.1 Å². The summed E-state index contributed by atoms with van der Waals surface area (Å²) in [5, 5.41) is 46.7. The summed E-state index contributed by atoms with van der Waals surface area (Å²) in [4.78, 5) is 62.0. The average Bonchev–Trinajstić information content (AvgIpc) is 3.07. The molecule has 248 valence electrons. The van der Waals surface area contributed by atoms with Gasteiger partial charge in [0.15, 0.2) is 0 Å². The second-order valence-corrected chi connectivity index (χ2v) is 11.5. The highest BCUT2D eigenvalue weighted by Crippen LogP contribution is 2.15. The van der Waals surface area contributed by atoms with E-state index in [4.69, 9.17) is 14.4 Å². The molecule has 1 atom stereocenters. The van der Waals surface area contributed by atoms with Gasteiger partial charge in [-0.1, -0.05) is 18.2 Å². The van der Waals surface area contributed by atoms with Crippen LogP contribution in [-0.4, -0.2) is 83.4 Å². The average molecular weight is 657 g/mol. The van der Waals surface area contributed by atoms with Crippen LogP contribution in [0.5, 0.6) is 0 Å². The van der Waals surface area contributed by atoms with E-state index in [1.807, 2.05) is 0 Å². The molecule has 0 saturated carbocycles. The largest absolute Gasteiger partial charge is 0.491 e. The maximum atomic E-state index is 13.2. The third kappa shape index (κ3) is 8.46. The van der Waals surface area contributed by atoms with E-state index < -0.39 is 56.4 Å². The number of aliphatic carboxylic acids is 2. The zero-order chi connectivity index (χ0) is 34.4. The summed E-state index contributed by atoms with van der Waals surface area (Å²) >= 11 is 0. The first-order valence-electron chi connectivity index (χ1n) is 15.3. The van der Waals surface area contributed by atoms with Crippen molar-refractivity contribution in [2.24, 2.45) is 0 Å². The lowest BCUT2D eigenvalue weighted by molar-refractivity contribution is -0.140. The van der Waals surface area contributed by atoms with Crippen molar-refractivity contribution in [3.05, 3.63) is 93.5 Å². The van der Waals surface area contributed by atoms with Gasteiger partial charge in [0.2, 0.25) is 0 Å². The summed E-state index contributed by atoms with van der Waals surface area (Å²) in [5.41, 5.74) is 4.24. The maximum absolute atomic E-state index is 13.2. The van der Waals surface area contributed by atoms with Crippen LogP contribution in [0.3, 0.4) is 0 Å². The SMILES string of the molecule is O=C(O)CCC(NC(=O)c1cc(CNC(=O)c2ccc3c(c2)B(O)OCC3)cc(CNC(=O)c2ccc3c(c2)B(O)OCC3)c1)C(=O)O. The van der Waals surface area contributed by atoms with Crippen molar-refractivity contribution in [1.82, 2.24) is 16.0 Å². The number of rotatable bonds is 12. The van der Waals surface area contributed by atoms with Crippen molar-refractivity contribution in [2.75, 3.05) is 13.2 Å². The Morgan fingerprint density at radius 3 is 1.65 bits per heavy atom. The molecule has 1 unspecified atom stereocenters. The van der Waals surface area contributed by atoms with Gasteiger partial charge in [0.25, 0.3) is 17.7 Å². The Hall–Kier alpha value is -5.02. The van der Waals surface area contributed by atoms with E-state index in [9.17, 15) is 39.1 Å². The van der Waals surface area contributed by atoms with Gasteiger partial charge in [0, 0.05) is 49.4 Å². The molecule has 3 aromatic rings. The number of benzene rings is 3. The molecule has 3 aromatic carbocycles. The fraction of sp³-hybridized carbons (Fsp3) is 0.281. The number of nitrogens with one attached hydrogen (secondary N) is 3. The van der Waals surface area contributed by atoms with Crippen LogP contribution in [0.2, 0.25) is 0 Å². The van der Waals surface area contributed by atoms with E-state index in [-0.39, 0.29) is 36.2 Å². The Balaban J connectivity index is 1.34. The van der Waals surface area contributed by atoms with Gasteiger partial charge in [-0.05, 0) is 88.8 Å². The van der Waals surface area contributed by atoms with Crippen molar-refractivity contribution >= 4 is 54.8 Å². The number of hydrogen-bond acceptors (Lipinski definition) is 9. The first kappa shape index (κ1) is 34.3. The molecule has 5 rings (SSSR count). The van der Waals surface area contributed by atoms with Gasteiger partial charge >= 0.3 is 26.2 Å². The molecule has 2 heterocycles. The molecule has 2 aliphatic heterocycles. The van der Waals surface area contributed by atoms with Crippen LogP contribution in [0.15, 0.2) is 54.6 Å². The number of carboxylic acids is 2. The zero-order valence-electron chi connectivity index (χ0n) is 25.7. The highest BCUT2D eigenvalue weighted by Gasteiger charge is 2.27. The van der Waals surface area contributed by atoms with Crippen LogP contribution < -0.4 is 26.9 Å². The Labute approximate surface area is 275 Å². The summed E-state index contributed by atoms with van der Waals surface area (Å²) in [6.45, 7) is 0.622. The van der Waals surface area contributed by atoms with Crippen molar-refractivity contribution < 1.29 is 53.5 Å². The van der Waals surface area contributed by atoms with Crippen LogP contribution in [0.4, 0.5) is 0 Å². The second kappa shape index (κ2) is 15.3. The molecule has 0 bridgehead atoms. The number of fused-ring (bicyclic) bond motifs is 2. The van der Waals surface area contributed by atoms with Crippen molar-refractivity contribution in [1.29, 1.82) is 0 Å². The minimum Gasteiger partial charge on any atom is -0.481 e. The van der Waals surface area contributed by atoms with Crippen LogP contribution in [0, 0.1) is 0 Å². The molecule has 0 fully saturated rings. The third-order valence-electron chi connectivity index (χ3n) is 8.11. The Bertz CT molecular complexity index is 1650. The number of hydrogen-bond donors (Lipinski definition) is 7. The highest BCUT2D eigenvalue weighted by atomic mass is 16.5. The van der Waals surface area contributed by atoms with Crippen LogP contribution in [0.25, 0.3) is 0 Å². The standard InChI is InChI=1S/C32H33B2N3O11/c38-28(39)6-5-27(32(43)44)37-31(42)24-12-18(16-35-29(40)22-3-1-20-7-9-47-33(45)25(20)14-22)11-19(13-24)17-36-30(41)23-4-2-21-8-10-48-34(46)26(21)15-23/h1-4,11-15,27,45-46H,5-10,16-17H2,(H,35,40)(H,36,41)(H,37,42)(H,38,39)(H,43,44). The normalized spacial score (nSPS) is 14.3. The lowest BCUT2D eigenvalue weighted by atomic mass is 9.73. The first-order chi connectivity index (χ1) is 23.0. The second-order valence-electron chi connectivity index (χ2n) is 11.5. The molecule has 48 heavy (non-hydrogen) atoms. The summed E-state index contributed by atoms with van der Waals surface area (Å²) in [7, 11) is -2.28. The summed E-state index contributed by atoms with van der Waals surface area (Å²) < 4.78 is 10.5. The molecule has 7 N–H and O–H groups in total. The smallest absolute Gasteiger partial charge is 0.481 e. The molecule has 2 aliphatic rings. The van der Waals surface area contributed by atoms with Gasteiger partial charge in [-0.3, -0.25) is 19.2 Å². The molecule has 0 aliphatic carbocycles. The van der Waals surface area contributed by atoms with E-state index in [1.165, 1.54) is 12.1 Å². The third-order valence-corrected chi connectivity index (χ3v) is 8.11. The van der Waals surface area contributed by atoms with E-state index in [2.05, 4.69) is 16.0 Å². The van der Waals surface area contributed by atoms with Gasteiger partial charge in [0.05, 0.1) is 0 Å². The Morgan fingerprint density at radius 1 is 0.688 bits per heavy atom. The van der Waals surface area contributed by atoms with Gasteiger partial charge in [-0.25, -0.2) is 4.79 Å². The molecule has 0 spiro atoms. The molecule has 16 heteroatoms. The molecule has 0 saturated heterocycles. The molecule has 0 aromatic heterocycles. The fourth-order valence-corrected chi connectivity index (χ4v) is 5.56. The zero-order valence-corrected chi connectivity index (χ0v) is 25.7. The van der Waals surface area contributed by atoms with Gasteiger partial charge < -0.3 is 45.5 Å². The van der Waals surface area contributed by atoms with Crippen LogP contribution in [0.1, 0.15) is 66.2 Å². The molecule has 14 nitrogen and oxygen atoms in total. The first-order valence-corrected chi connectivity index (χ1v) is 15.3. The van der Waals surface area contributed by atoms with Crippen LogP contribution >= 0.6 is 0 Å². The summed E-state index contributed by atoms with van der Waals surface area (Å²) in [5.74, 6) is -4.33. The molecular formula is C32H33B2N3O11. The predicted octanol–water partition coefficient (Wildman–Crippen LogP) is -0.885. The monoisotopic (exact) mass is 657 g/mol. The van der Waals surface area contributed by atoms with Gasteiger partial charge in [-0.2, -0.15) is 0 Å². The van der Waals surface area contributed by atoms with E-state index in [1.54, 1.807) is 42.5 Å². The molecule has 0 radical (unpaired) electrons. The van der Waals surface area contributed by atoms with Gasteiger partial charge in [0.1, 0.15) is 6.04 Å². The highest BCUT2D eigenvalue weighted by molar-refractivity contribution is 6.61. The van der Waals surface area contributed by atoms with Crippen molar-refractivity contribution in [2.45, 2.75) is 44.8 Å². The van der Waals surface area contributed by atoms with Crippen LogP contribution in [-0.2, 0) is 44.8 Å². The fourth-order valence-electron chi connectivity index (χ4n) is 5.56. The van der Waals surface area contributed by atoms with Crippen molar-refractivity contribution in [3.8, 4) is 0 Å². The number of carbonyl (C=O) groups excluding carboxylic acids is 3. The van der Waals surface area contributed by atoms with Gasteiger partial charge in [-0.15, -0.1) is 0 Å². The van der Waals surface area contributed by atoms with Crippen molar-refractivity contribution in [3.63, 3.8) is 0 Å². The minimum absolute atomic E-state index is 0.0238. The lowest BCUT2D eigenvalue weighted by Crippen LogP contribution is -2.42. The van der Waals surface area contributed by atoms with E-state index in [0.717, 1.165) is 11.1 Å². The summed E-state index contributed by atoms with van der Waals surface area (Å²) in [6, 6.07) is 13.0. The Kier molecular flexibility index (Phi) is 10.9. The molecule has 3 amide bonds.